The Balaban J connectivity index is 1.33. The van der Waals surface area contributed by atoms with Gasteiger partial charge in [-0.3, -0.25) is 14.5 Å². The van der Waals surface area contributed by atoms with Crippen molar-refractivity contribution in [2.45, 2.75) is 44.2 Å². The van der Waals surface area contributed by atoms with Gasteiger partial charge >= 0.3 is 0 Å². The first-order valence-corrected chi connectivity index (χ1v) is 12.5. The molecule has 1 N–H and O–H groups in total. The van der Waals surface area contributed by atoms with Crippen LogP contribution < -0.4 is 15.0 Å². The van der Waals surface area contributed by atoms with Gasteiger partial charge in [-0.2, -0.15) is 0 Å². The smallest absolute Gasteiger partial charge is 0.227 e. The number of para-hydroxylation sites is 2. The highest BCUT2D eigenvalue weighted by Crippen LogP contribution is 2.31. The average molecular weight is 436 g/mol. The molecular formula is C21H29N3O5S. The van der Waals surface area contributed by atoms with Gasteiger partial charge in [-0.05, 0) is 38.1 Å². The van der Waals surface area contributed by atoms with Crippen molar-refractivity contribution < 1.29 is 22.7 Å². The first kappa shape index (κ1) is 21.1. The molecule has 3 heterocycles. The number of nitrogens with zero attached hydrogens (tertiary/aromatic N) is 2. The molecule has 0 bridgehead atoms. The molecule has 8 nitrogen and oxygen atoms in total. The van der Waals surface area contributed by atoms with E-state index in [0.29, 0.717) is 18.9 Å². The average Bonchev–Trinajstić information content (AvgIpc) is 3.06. The normalized spacial score (nSPS) is 25.9. The van der Waals surface area contributed by atoms with Crippen LogP contribution in [0.5, 0.6) is 5.75 Å². The number of amides is 2. The van der Waals surface area contributed by atoms with Crippen LogP contribution in [-0.2, 0) is 19.4 Å². The molecule has 0 spiro atoms. The minimum absolute atomic E-state index is 0.0231. The Labute approximate surface area is 177 Å². The SMILES string of the molecule is O=C(CCC(=O)N1CCOc2ccccc21)NC1CS(=O)(=O)CC1N1CCCCC1. The molecule has 164 valence electrons. The van der Waals surface area contributed by atoms with E-state index in [9.17, 15) is 18.0 Å². The Kier molecular flexibility index (Phi) is 6.29. The van der Waals surface area contributed by atoms with Crippen molar-refractivity contribution in [1.82, 2.24) is 10.2 Å². The maximum atomic E-state index is 12.7. The fourth-order valence-electron chi connectivity index (χ4n) is 4.64. The van der Waals surface area contributed by atoms with Crippen LogP contribution in [0.2, 0.25) is 0 Å². The first-order chi connectivity index (χ1) is 14.4. The van der Waals surface area contributed by atoms with Crippen LogP contribution in [0, 0.1) is 0 Å². The third-order valence-electron chi connectivity index (χ3n) is 6.12. The third-order valence-corrected chi connectivity index (χ3v) is 7.84. The van der Waals surface area contributed by atoms with Crippen molar-refractivity contribution in [3.8, 4) is 5.75 Å². The molecule has 3 aliphatic heterocycles. The van der Waals surface area contributed by atoms with Crippen molar-refractivity contribution in [1.29, 1.82) is 0 Å². The highest BCUT2D eigenvalue weighted by Gasteiger charge is 2.41. The second-order valence-corrected chi connectivity index (χ2v) is 10.4. The van der Waals surface area contributed by atoms with Crippen LogP contribution in [-0.4, -0.2) is 75.0 Å². The number of piperidine rings is 1. The van der Waals surface area contributed by atoms with Crippen molar-refractivity contribution in [2.24, 2.45) is 0 Å². The highest BCUT2D eigenvalue weighted by atomic mass is 32.2. The molecule has 2 atom stereocenters. The monoisotopic (exact) mass is 435 g/mol. The predicted molar refractivity (Wildman–Crippen MR) is 113 cm³/mol. The predicted octanol–water partition coefficient (Wildman–Crippen LogP) is 0.960. The van der Waals surface area contributed by atoms with E-state index in [1.165, 1.54) is 6.42 Å². The molecule has 2 amide bonds. The van der Waals surface area contributed by atoms with E-state index in [4.69, 9.17) is 4.74 Å². The zero-order valence-corrected chi connectivity index (χ0v) is 17.9. The third kappa shape index (κ3) is 4.78. The number of benzene rings is 1. The summed E-state index contributed by atoms with van der Waals surface area (Å²) in [6.45, 7) is 2.63. The molecule has 30 heavy (non-hydrogen) atoms. The molecule has 0 aliphatic carbocycles. The number of ether oxygens (including phenoxy) is 1. The van der Waals surface area contributed by atoms with Gasteiger partial charge < -0.3 is 15.0 Å². The van der Waals surface area contributed by atoms with E-state index in [-0.39, 0.29) is 42.2 Å². The van der Waals surface area contributed by atoms with Crippen molar-refractivity contribution >= 4 is 27.3 Å². The summed E-state index contributed by atoms with van der Waals surface area (Å²) in [5.74, 6) is 0.343. The summed E-state index contributed by atoms with van der Waals surface area (Å²) >= 11 is 0. The molecule has 2 saturated heterocycles. The minimum atomic E-state index is -3.17. The van der Waals surface area contributed by atoms with Gasteiger partial charge in [0, 0.05) is 18.9 Å². The molecule has 9 heteroatoms. The number of anilines is 1. The van der Waals surface area contributed by atoms with Crippen LogP contribution in [0.25, 0.3) is 0 Å². The lowest BCUT2D eigenvalue weighted by molar-refractivity contribution is -0.126. The van der Waals surface area contributed by atoms with Crippen LogP contribution in [0.4, 0.5) is 5.69 Å². The molecule has 2 fully saturated rings. The minimum Gasteiger partial charge on any atom is -0.490 e. The Morgan fingerprint density at radius 2 is 1.80 bits per heavy atom. The number of hydrogen-bond acceptors (Lipinski definition) is 6. The summed E-state index contributed by atoms with van der Waals surface area (Å²) in [5, 5.41) is 2.90. The van der Waals surface area contributed by atoms with E-state index < -0.39 is 15.9 Å². The van der Waals surface area contributed by atoms with Crippen LogP contribution in [0.3, 0.4) is 0 Å². The van der Waals surface area contributed by atoms with Gasteiger partial charge in [0.05, 0.1) is 29.8 Å². The summed E-state index contributed by atoms with van der Waals surface area (Å²) in [7, 11) is -3.17. The molecule has 3 aliphatic rings. The maximum absolute atomic E-state index is 12.7. The summed E-state index contributed by atoms with van der Waals surface area (Å²) < 4.78 is 30.0. The Hall–Kier alpha value is -2.13. The molecule has 1 aromatic carbocycles. The van der Waals surface area contributed by atoms with Gasteiger partial charge in [0.25, 0.3) is 0 Å². The fourth-order valence-corrected chi connectivity index (χ4v) is 6.59. The van der Waals surface area contributed by atoms with Crippen molar-refractivity contribution in [3.63, 3.8) is 0 Å². The van der Waals surface area contributed by atoms with Gasteiger partial charge in [-0.1, -0.05) is 18.6 Å². The number of nitrogens with one attached hydrogen (secondary N) is 1. The van der Waals surface area contributed by atoms with E-state index in [1.54, 1.807) is 4.90 Å². The lowest BCUT2D eigenvalue weighted by atomic mass is 10.0. The van der Waals surface area contributed by atoms with Gasteiger partial charge in [0.15, 0.2) is 9.84 Å². The standard InChI is InChI=1S/C21H29N3O5S/c25-20(8-9-21(26)24-12-13-29-19-7-3-2-6-17(19)24)22-16-14-30(27,28)15-18(16)23-10-4-1-5-11-23/h2-3,6-7,16,18H,1,4-5,8-15H2,(H,22,25). The molecule has 0 radical (unpaired) electrons. The Morgan fingerprint density at radius 1 is 1.03 bits per heavy atom. The highest BCUT2D eigenvalue weighted by molar-refractivity contribution is 7.91. The Morgan fingerprint density at radius 3 is 2.60 bits per heavy atom. The number of likely N-dealkylation sites (tertiary alicyclic amines) is 1. The summed E-state index contributed by atoms with van der Waals surface area (Å²) in [5.41, 5.74) is 0.723. The number of fused-ring (bicyclic) bond motifs is 1. The lowest BCUT2D eigenvalue weighted by Crippen LogP contribution is -2.52. The second-order valence-electron chi connectivity index (χ2n) is 8.28. The number of hydrogen-bond donors (Lipinski definition) is 1. The number of rotatable bonds is 5. The fraction of sp³-hybridized carbons (Fsp3) is 0.619. The van der Waals surface area contributed by atoms with E-state index in [0.717, 1.165) is 31.6 Å². The van der Waals surface area contributed by atoms with E-state index >= 15 is 0 Å². The zero-order chi connectivity index (χ0) is 21.1. The van der Waals surface area contributed by atoms with Crippen LogP contribution in [0.1, 0.15) is 32.1 Å². The summed E-state index contributed by atoms with van der Waals surface area (Å²) in [4.78, 5) is 29.1. The van der Waals surface area contributed by atoms with Crippen LogP contribution >= 0.6 is 0 Å². The van der Waals surface area contributed by atoms with E-state index in [2.05, 4.69) is 10.2 Å². The van der Waals surface area contributed by atoms with Crippen LogP contribution in [0.15, 0.2) is 24.3 Å². The number of carbonyl (C=O) groups is 2. The lowest BCUT2D eigenvalue weighted by Gasteiger charge is -2.35. The maximum Gasteiger partial charge on any atom is 0.227 e. The molecule has 0 saturated carbocycles. The first-order valence-electron chi connectivity index (χ1n) is 10.7. The van der Waals surface area contributed by atoms with Gasteiger partial charge in [0.2, 0.25) is 11.8 Å². The summed E-state index contributed by atoms with van der Waals surface area (Å²) in [6.07, 6.45) is 3.41. The zero-order valence-electron chi connectivity index (χ0n) is 17.1. The van der Waals surface area contributed by atoms with Crippen molar-refractivity contribution in [2.75, 3.05) is 42.6 Å². The Bertz CT molecular complexity index is 898. The van der Waals surface area contributed by atoms with Crippen molar-refractivity contribution in [3.05, 3.63) is 24.3 Å². The molecule has 1 aromatic rings. The van der Waals surface area contributed by atoms with Gasteiger partial charge in [-0.15, -0.1) is 0 Å². The molecular weight excluding hydrogens is 406 g/mol. The second kappa shape index (κ2) is 8.93. The topological polar surface area (TPSA) is 96.0 Å². The summed E-state index contributed by atoms with van der Waals surface area (Å²) in [6, 6.07) is 6.79. The number of carbonyl (C=O) groups excluding carboxylic acids is 2. The van der Waals surface area contributed by atoms with Gasteiger partial charge in [0.1, 0.15) is 12.4 Å². The largest absolute Gasteiger partial charge is 0.490 e. The number of sulfone groups is 1. The quantitative estimate of drug-likeness (QED) is 0.740. The molecule has 2 unspecified atom stereocenters. The molecule has 4 rings (SSSR count). The van der Waals surface area contributed by atoms with Gasteiger partial charge in [-0.25, -0.2) is 8.42 Å². The molecule has 0 aromatic heterocycles. The van der Waals surface area contributed by atoms with E-state index in [1.807, 2.05) is 24.3 Å².